The zero-order valence-corrected chi connectivity index (χ0v) is 31.6. The summed E-state index contributed by atoms with van der Waals surface area (Å²) in [4.78, 5) is 2.53. The molecular weight excluding hydrogens is 671 g/mol. The summed E-state index contributed by atoms with van der Waals surface area (Å²) in [5.74, 6) is 1.57. The monoisotopic (exact) mass is 711 g/mol. The molecule has 260 valence electrons. The van der Waals surface area contributed by atoms with Crippen molar-refractivity contribution in [1.82, 2.24) is 0 Å². The van der Waals surface area contributed by atoms with E-state index in [4.69, 9.17) is 0 Å². The largest absolute Gasteiger partial charge is 0.310 e. The van der Waals surface area contributed by atoms with Gasteiger partial charge in [0, 0.05) is 48.1 Å². The maximum atomic E-state index is 2.59. The number of fused-ring (bicyclic) bond motifs is 14. The van der Waals surface area contributed by atoms with Gasteiger partial charge in [0.2, 0.25) is 0 Å². The van der Waals surface area contributed by atoms with Gasteiger partial charge in [-0.1, -0.05) is 123 Å². The molecular formula is C52H41NS. The van der Waals surface area contributed by atoms with Crippen molar-refractivity contribution in [2.75, 3.05) is 4.90 Å². The smallest absolute Gasteiger partial charge is 0.0465 e. The lowest BCUT2D eigenvalue weighted by molar-refractivity contribution is 0.327. The van der Waals surface area contributed by atoms with Crippen molar-refractivity contribution in [2.24, 2.45) is 11.8 Å². The van der Waals surface area contributed by atoms with E-state index in [1.165, 1.54) is 107 Å². The van der Waals surface area contributed by atoms with Crippen molar-refractivity contribution >= 4 is 48.6 Å². The van der Waals surface area contributed by atoms with E-state index in [1.54, 1.807) is 11.1 Å². The predicted molar refractivity (Wildman–Crippen MR) is 229 cm³/mol. The first kappa shape index (κ1) is 31.0. The summed E-state index contributed by atoms with van der Waals surface area (Å²) in [7, 11) is 0. The molecule has 2 bridgehead atoms. The maximum absolute atomic E-state index is 2.59. The first-order chi connectivity index (χ1) is 26.5. The van der Waals surface area contributed by atoms with Gasteiger partial charge in [-0.2, -0.15) is 0 Å². The van der Waals surface area contributed by atoms with Gasteiger partial charge in [0.25, 0.3) is 0 Å². The minimum Gasteiger partial charge on any atom is -0.310 e. The molecule has 2 saturated carbocycles. The SMILES string of the molecule is CC1(C)c2ccccc2-c2ccc(N(c3ccc(-c4ccc5c(c4)sc4ccccc45)cc3)c3ccc4c(c3)C3(CC5CCC3C5)c3ccccc3-4)cc21. The van der Waals surface area contributed by atoms with Crippen LogP contribution in [0.3, 0.4) is 0 Å². The molecule has 1 spiro atoms. The molecule has 0 aliphatic heterocycles. The van der Waals surface area contributed by atoms with Crippen LogP contribution in [0.5, 0.6) is 0 Å². The van der Waals surface area contributed by atoms with Crippen LogP contribution in [0.2, 0.25) is 0 Å². The van der Waals surface area contributed by atoms with E-state index in [-0.39, 0.29) is 10.8 Å². The Morgan fingerprint density at radius 1 is 0.500 bits per heavy atom. The Balaban J connectivity index is 1.01. The van der Waals surface area contributed by atoms with Crippen LogP contribution >= 0.6 is 11.3 Å². The topological polar surface area (TPSA) is 3.24 Å². The summed E-state index contributed by atoms with van der Waals surface area (Å²) < 4.78 is 2.69. The van der Waals surface area contributed by atoms with Crippen molar-refractivity contribution < 1.29 is 0 Å². The number of thiophene rings is 1. The molecule has 2 fully saturated rings. The maximum Gasteiger partial charge on any atom is 0.0465 e. The molecule has 2 heteroatoms. The molecule has 0 N–H and O–H groups in total. The molecule has 4 aliphatic rings. The number of benzene rings is 7. The molecule has 0 amide bonds. The van der Waals surface area contributed by atoms with Gasteiger partial charge in [0.15, 0.2) is 0 Å². The van der Waals surface area contributed by atoms with Gasteiger partial charge in [0.1, 0.15) is 0 Å². The fraction of sp³-hybridized carbons (Fsp3) is 0.192. The second kappa shape index (κ2) is 11.1. The summed E-state index contributed by atoms with van der Waals surface area (Å²) >= 11 is 1.89. The highest BCUT2D eigenvalue weighted by atomic mass is 32.1. The molecule has 1 nitrogen and oxygen atoms in total. The van der Waals surface area contributed by atoms with Crippen LogP contribution in [0.1, 0.15) is 61.8 Å². The number of anilines is 3. The second-order valence-electron chi connectivity index (χ2n) is 16.9. The van der Waals surface area contributed by atoms with Crippen LogP contribution in [0.4, 0.5) is 17.1 Å². The average molecular weight is 712 g/mol. The van der Waals surface area contributed by atoms with Crippen LogP contribution in [0, 0.1) is 11.8 Å². The summed E-state index contributed by atoms with van der Waals surface area (Å²) in [6, 6.07) is 58.0. The minimum absolute atomic E-state index is 0.0740. The van der Waals surface area contributed by atoms with E-state index in [0.29, 0.717) is 0 Å². The lowest BCUT2D eigenvalue weighted by atomic mass is 9.67. The van der Waals surface area contributed by atoms with Crippen molar-refractivity contribution in [2.45, 2.75) is 50.4 Å². The zero-order chi connectivity index (χ0) is 35.8. The van der Waals surface area contributed by atoms with Gasteiger partial charge in [-0.3, -0.25) is 0 Å². The van der Waals surface area contributed by atoms with Gasteiger partial charge in [-0.15, -0.1) is 11.3 Å². The van der Waals surface area contributed by atoms with Crippen molar-refractivity contribution in [3.63, 3.8) is 0 Å². The lowest BCUT2D eigenvalue weighted by Gasteiger charge is -2.37. The van der Waals surface area contributed by atoms with Gasteiger partial charge >= 0.3 is 0 Å². The zero-order valence-electron chi connectivity index (χ0n) is 30.8. The molecule has 4 aliphatic carbocycles. The number of rotatable bonds is 4. The Bertz CT molecular complexity index is 2840. The van der Waals surface area contributed by atoms with Gasteiger partial charge in [-0.25, -0.2) is 0 Å². The van der Waals surface area contributed by atoms with Crippen molar-refractivity contribution in [3.05, 3.63) is 174 Å². The summed E-state index contributed by atoms with van der Waals surface area (Å²) in [5, 5.41) is 2.69. The van der Waals surface area contributed by atoms with Gasteiger partial charge in [-0.05, 0) is 135 Å². The quantitative estimate of drug-likeness (QED) is 0.176. The highest BCUT2D eigenvalue weighted by Gasteiger charge is 2.56. The van der Waals surface area contributed by atoms with Crippen LogP contribution in [0.25, 0.3) is 53.6 Å². The molecule has 1 aromatic heterocycles. The molecule has 3 unspecified atom stereocenters. The predicted octanol–water partition coefficient (Wildman–Crippen LogP) is 14.6. The molecule has 0 radical (unpaired) electrons. The second-order valence-corrected chi connectivity index (χ2v) is 18.0. The van der Waals surface area contributed by atoms with Gasteiger partial charge in [0.05, 0.1) is 0 Å². The van der Waals surface area contributed by atoms with Crippen LogP contribution in [0.15, 0.2) is 152 Å². The highest BCUT2D eigenvalue weighted by Crippen LogP contribution is 2.66. The Labute approximate surface area is 321 Å². The molecule has 8 aromatic rings. The Kier molecular flexibility index (Phi) is 6.34. The fourth-order valence-electron chi connectivity index (χ4n) is 11.5. The summed E-state index contributed by atoms with van der Waals surface area (Å²) in [6.07, 6.45) is 5.40. The van der Waals surface area contributed by atoms with E-state index in [9.17, 15) is 0 Å². The first-order valence-electron chi connectivity index (χ1n) is 19.8. The lowest BCUT2D eigenvalue weighted by Crippen LogP contribution is -2.32. The van der Waals surface area contributed by atoms with Crippen LogP contribution in [-0.4, -0.2) is 0 Å². The first-order valence-corrected chi connectivity index (χ1v) is 20.6. The Morgan fingerprint density at radius 2 is 1.11 bits per heavy atom. The van der Waals surface area contributed by atoms with Crippen LogP contribution < -0.4 is 4.90 Å². The number of hydrogen-bond donors (Lipinski definition) is 0. The van der Waals surface area contributed by atoms with E-state index < -0.39 is 0 Å². The molecule has 7 aromatic carbocycles. The molecule has 54 heavy (non-hydrogen) atoms. The van der Waals surface area contributed by atoms with E-state index >= 15 is 0 Å². The van der Waals surface area contributed by atoms with Crippen LogP contribution in [-0.2, 0) is 10.8 Å². The Hall–Kier alpha value is -5.44. The molecule has 0 saturated heterocycles. The molecule has 1 heterocycles. The number of hydrogen-bond acceptors (Lipinski definition) is 2. The summed E-state index contributed by atoms with van der Waals surface area (Å²) in [5.41, 5.74) is 17.8. The number of nitrogens with zero attached hydrogens (tertiary/aromatic N) is 1. The van der Waals surface area contributed by atoms with Crippen molar-refractivity contribution in [3.8, 4) is 33.4 Å². The average Bonchev–Trinajstić information content (AvgIpc) is 4.02. The third-order valence-electron chi connectivity index (χ3n) is 14.0. The highest BCUT2D eigenvalue weighted by molar-refractivity contribution is 7.25. The van der Waals surface area contributed by atoms with Crippen molar-refractivity contribution in [1.29, 1.82) is 0 Å². The third kappa shape index (κ3) is 4.15. The molecule has 12 rings (SSSR count). The van der Waals surface area contributed by atoms with E-state index in [0.717, 1.165) is 11.8 Å². The van der Waals surface area contributed by atoms with E-state index in [1.807, 2.05) is 11.3 Å². The minimum atomic E-state index is -0.0740. The fourth-order valence-corrected chi connectivity index (χ4v) is 12.6. The van der Waals surface area contributed by atoms with E-state index in [2.05, 4.69) is 170 Å². The molecule has 3 atom stereocenters. The Morgan fingerprint density at radius 3 is 1.87 bits per heavy atom. The normalized spacial score (nSPS) is 21.1. The summed E-state index contributed by atoms with van der Waals surface area (Å²) in [6.45, 7) is 4.78. The van der Waals surface area contributed by atoms with Gasteiger partial charge < -0.3 is 4.90 Å². The standard InChI is InChI=1S/C52H41NS/c1-51(2)45-12-6-3-9-39(45)41-25-22-37(29-47(41)51)53(36-20-16-33(17-21-36)34-18-24-44-43-11-5-8-14-49(43)54-50(44)28-34)38-23-26-42-40-10-4-7-13-46(40)52(48(42)30-38)31-32-15-19-35(52)27-32/h3-14,16-18,20-26,28-30,32,35H,15,19,27,31H2,1-2H3. The third-order valence-corrected chi connectivity index (χ3v) is 15.1.